The second-order valence-corrected chi connectivity index (χ2v) is 6.84. The Hall–Kier alpha value is -1.65. The molecule has 0 amide bonds. The van der Waals surface area contributed by atoms with Gasteiger partial charge in [0.25, 0.3) is 10.1 Å². The van der Waals surface area contributed by atoms with E-state index in [0.29, 0.717) is 0 Å². The Morgan fingerprint density at radius 1 is 0.905 bits per heavy atom. The van der Waals surface area contributed by atoms with E-state index >= 15 is 0 Å². The maximum Gasteiger partial charge on any atom is 0.297 e. The van der Waals surface area contributed by atoms with E-state index in [1.807, 2.05) is 44.2 Å². The van der Waals surface area contributed by atoms with Crippen LogP contribution in [0.4, 0.5) is 0 Å². The molecule has 0 aliphatic rings. The number of aryl methyl sites for hydroxylation is 1. The summed E-state index contributed by atoms with van der Waals surface area (Å²) in [7, 11) is -3.73. The first-order valence-electron chi connectivity index (χ1n) is 6.95. The Balaban J connectivity index is 2.14. The van der Waals surface area contributed by atoms with Crippen molar-refractivity contribution in [3.8, 4) is 0 Å². The first-order chi connectivity index (χ1) is 9.90. The van der Waals surface area contributed by atoms with Crippen LogP contribution in [-0.2, 0) is 14.3 Å². The molecule has 0 unspecified atom stereocenters. The summed E-state index contributed by atoms with van der Waals surface area (Å²) >= 11 is 0. The minimum Gasteiger partial charge on any atom is -0.263 e. The summed E-state index contributed by atoms with van der Waals surface area (Å²) in [6.07, 6.45) is -0.432. The summed E-state index contributed by atoms with van der Waals surface area (Å²) in [5.74, 6) is -0.00794. The lowest BCUT2D eigenvalue weighted by Gasteiger charge is -2.20. The second kappa shape index (κ2) is 6.41. The van der Waals surface area contributed by atoms with Crippen molar-refractivity contribution < 1.29 is 12.6 Å². The third-order valence-corrected chi connectivity index (χ3v) is 5.02. The highest BCUT2D eigenvalue weighted by molar-refractivity contribution is 7.86. The SMILES string of the molecule is Cc1ccc(S(=O)(=O)O[C@H](C)[C@@H](C)c2ccccc2)cc1. The van der Waals surface area contributed by atoms with Crippen LogP contribution in [0.25, 0.3) is 0 Å². The lowest BCUT2D eigenvalue weighted by Crippen LogP contribution is -2.21. The highest BCUT2D eigenvalue weighted by Crippen LogP contribution is 2.24. The molecule has 0 heterocycles. The van der Waals surface area contributed by atoms with Crippen molar-refractivity contribution in [1.82, 2.24) is 0 Å². The molecular weight excluding hydrogens is 284 g/mol. The molecule has 2 atom stereocenters. The van der Waals surface area contributed by atoms with Crippen LogP contribution in [-0.4, -0.2) is 14.5 Å². The standard InChI is InChI=1S/C17H20O3S/c1-13-9-11-17(12-10-13)21(18,19)20-15(3)14(2)16-7-5-4-6-8-16/h4-12,14-15H,1-3H3/t14-,15-/m1/s1. The van der Waals surface area contributed by atoms with Crippen molar-refractivity contribution in [2.75, 3.05) is 0 Å². The van der Waals surface area contributed by atoms with E-state index in [-0.39, 0.29) is 10.8 Å². The van der Waals surface area contributed by atoms with Gasteiger partial charge in [-0.1, -0.05) is 55.0 Å². The average Bonchev–Trinajstić information content (AvgIpc) is 2.47. The third kappa shape index (κ3) is 3.93. The molecule has 0 saturated carbocycles. The molecule has 2 aromatic rings. The molecular formula is C17H20O3S. The molecule has 2 rings (SSSR count). The van der Waals surface area contributed by atoms with E-state index in [0.717, 1.165) is 11.1 Å². The molecule has 0 bridgehead atoms. The van der Waals surface area contributed by atoms with Gasteiger partial charge in [0.15, 0.2) is 0 Å². The fourth-order valence-corrected chi connectivity index (χ4v) is 3.22. The third-order valence-electron chi connectivity index (χ3n) is 3.62. The summed E-state index contributed by atoms with van der Waals surface area (Å²) in [5, 5.41) is 0. The monoisotopic (exact) mass is 304 g/mol. The van der Waals surface area contributed by atoms with Gasteiger partial charge in [0.05, 0.1) is 11.0 Å². The van der Waals surface area contributed by atoms with E-state index in [4.69, 9.17) is 4.18 Å². The van der Waals surface area contributed by atoms with Gasteiger partial charge < -0.3 is 0 Å². The van der Waals surface area contributed by atoms with Gasteiger partial charge in [-0.3, -0.25) is 4.18 Å². The van der Waals surface area contributed by atoms with Crippen LogP contribution in [0.3, 0.4) is 0 Å². The molecule has 0 aliphatic heterocycles. The molecule has 0 fully saturated rings. The molecule has 0 aromatic heterocycles. The van der Waals surface area contributed by atoms with Crippen molar-refractivity contribution in [3.05, 3.63) is 65.7 Å². The van der Waals surface area contributed by atoms with Gasteiger partial charge in [-0.2, -0.15) is 8.42 Å². The Morgan fingerprint density at radius 3 is 2.05 bits per heavy atom. The van der Waals surface area contributed by atoms with E-state index in [2.05, 4.69) is 0 Å². The molecule has 0 N–H and O–H groups in total. The highest BCUT2D eigenvalue weighted by Gasteiger charge is 2.23. The van der Waals surface area contributed by atoms with Crippen molar-refractivity contribution in [2.45, 2.75) is 37.7 Å². The molecule has 3 nitrogen and oxygen atoms in total. The summed E-state index contributed by atoms with van der Waals surface area (Å²) < 4.78 is 29.9. The van der Waals surface area contributed by atoms with Crippen molar-refractivity contribution in [1.29, 1.82) is 0 Å². The van der Waals surface area contributed by atoms with Crippen LogP contribution in [0.15, 0.2) is 59.5 Å². The van der Waals surface area contributed by atoms with E-state index in [1.54, 1.807) is 31.2 Å². The Morgan fingerprint density at radius 2 is 1.48 bits per heavy atom. The number of hydrogen-bond donors (Lipinski definition) is 0. The molecule has 2 aromatic carbocycles. The molecule has 0 aliphatic carbocycles. The van der Waals surface area contributed by atoms with Crippen LogP contribution in [0.1, 0.15) is 30.9 Å². The average molecular weight is 304 g/mol. The topological polar surface area (TPSA) is 43.4 Å². The lowest BCUT2D eigenvalue weighted by molar-refractivity contribution is 0.203. The predicted octanol–water partition coefficient (Wildman–Crippen LogP) is 3.89. The van der Waals surface area contributed by atoms with E-state index in [9.17, 15) is 8.42 Å². The minimum atomic E-state index is -3.73. The van der Waals surface area contributed by atoms with Crippen LogP contribution in [0.2, 0.25) is 0 Å². The molecule has 112 valence electrons. The second-order valence-electron chi connectivity index (χ2n) is 5.27. The highest BCUT2D eigenvalue weighted by atomic mass is 32.2. The quantitative estimate of drug-likeness (QED) is 0.787. The molecule has 21 heavy (non-hydrogen) atoms. The molecule has 0 radical (unpaired) electrons. The number of rotatable bonds is 5. The maximum absolute atomic E-state index is 12.3. The first kappa shape index (κ1) is 15.7. The zero-order valence-electron chi connectivity index (χ0n) is 12.5. The largest absolute Gasteiger partial charge is 0.297 e. The van der Waals surface area contributed by atoms with Gasteiger partial charge in [-0.25, -0.2) is 0 Å². The zero-order valence-corrected chi connectivity index (χ0v) is 13.3. The summed E-state index contributed by atoms with van der Waals surface area (Å²) in [6, 6.07) is 16.4. The summed E-state index contributed by atoms with van der Waals surface area (Å²) in [4.78, 5) is 0.195. The van der Waals surface area contributed by atoms with Gasteiger partial charge in [-0.05, 0) is 31.5 Å². The van der Waals surface area contributed by atoms with Crippen LogP contribution >= 0.6 is 0 Å². The van der Waals surface area contributed by atoms with E-state index < -0.39 is 16.2 Å². The van der Waals surface area contributed by atoms with Crippen molar-refractivity contribution in [3.63, 3.8) is 0 Å². The van der Waals surface area contributed by atoms with Gasteiger partial charge in [0.2, 0.25) is 0 Å². The molecule has 0 spiro atoms. The van der Waals surface area contributed by atoms with Crippen molar-refractivity contribution >= 4 is 10.1 Å². The summed E-state index contributed by atoms with van der Waals surface area (Å²) in [5.41, 5.74) is 2.07. The van der Waals surface area contributed by atoms with Gasteiger partial charge in [-0.15, -0.1) is 0 Å². The fourth-order valence-electron chi connectivity index (χ4n) is 2.07. The number of hydrogen-bond acceptors (Lipinski definition) is 3. The maximum atomic E-state index is 12.3. The van der Waals surface area contributed by atoms with Gasteiger partial charge in [0.1, 0.15) is 0 Å². The van der Waals surface area contributed by atoms with Crippen molar-refractivity contribution in [2.24, 2.45) is 0 Å². The fraction of sp³-hybridized carbons (Fsp3) is 0.294. The van der Waals surface area contributed by atoms with Gasteiger partial charge in [0, 0.05) is 5.92 Å². The first-order valence-corrected chi connectivity index (χ1v) is 8.36. The van der Waals surface area contributed by atoms with Crippen LogP contribution < -0.4 is 0 Å². The van der Waals surface area contributed by atoms with Crippen LogP contribution in [0.5, 0.6) is 0 Å². The Labute approximate surface area is 126 Å². The zero-order chi connectivity index (χ0) is 15.5. The molecule has 4 heteroatoms. The molecule has 0 saturated heterocycles. The number of benzene rings is 2. The lowest BCUT2D eigenvalue weighted by atomic mass is 9.97. The normalized spacial score (nSPS) is 14.6. The smallest absolute Gasteiger partial charge is 0.263 e. The minimum absolute atomic E-state index is 0.00794. The Bertz CT molecular complexity index is 676. The van der Waals surface area contributed by atoms with Gasteiger partial charge >= 0.3 is 0 Å². The van der Waals surface area contributed by atoms with Crippen LogP contribution in [0, 0.1) is 6.92 Å². The summed E-state index contributed by atoms with van der Waals surface area (Å²) in [6.45, 7) is 5.66. The predicted molar refractivity (Wildman–Crippen MR) is 83.8 cm³/mol. The Kier molecular flexibility index (Phi) is 4.80. The van der Waals surface area contributed by atoms with E-state index in [1.165, 1.54) is 0 Å².